The average molecular weight is 333 g/mol. The summed E-state index contributed by atoms with van der Waals surface area (Å²) in [5.74, 6) is 1.06. The minimum Gasteiger partial charge on any atom is -0.493 e. The Labute approximate surface area is 135 Å². The lowest BCUT2D eigenvalue weighted by molar-refractivity contribution is -0.386. The largest absolute Gasteiger partial charge is 0.493 e. The van der Waals surface area contributed by atoms with Crippen molar-refractivity contribution in [1.29, 1.82) is 0 Å². The normalized spacial score (nSPS) is 10.8. The van der Waals surface area contributed by atoms with Gasteiger partial charge in [0.1, 0.15) is 5.69 Å². The van der Waals surface area contributed by atoms with Gasteiger partial charge in [-0.2, -0.15) is 0 Å². The summed E-state index contributed by atoms with van der Waals surface area (Å²) in [4.78, 5) is 37.0. The van der Waals surface area contributed by atoms with E-state index in [-0.39, 0.29) is 5.69 Å². The summed E-state index contributed by atoms with van der Waals surface area (Å²) in [5.41, 5.74) is -2.16. The summed E-state index contributed by atoms with van der Waals surface area (Å²) in [5, 5.41) is 11.0. The van der Waals surface area contributed by atoms with Crippen LogP contribution < -0.4 is 20.7 Å². The van der Waals surface area contributed by atoms with Gasteiger partial charge in [0, 0.05) is 0 Å². The Morgan fingerprint density at radius 1 is 1.21 bits per heavy atom. The third-order valence-corrected chi connectivity index (χ3v) is 3.06. The average Bonchev–Trinajstić information content (AvgIpc) is 2.52. The van der Waals surface area contributed by atoms with Crippen LogP contribution in [0.5, 0.6) is 11.5 Å². The van der Waals surface area contributed by atoms with Gasteiger partial charge in [0.25, 0.3) is 0 Å². The highest BCUT2D eigenvalue weighted by Crippen LogP contribution is 2.28. The molecule has 1 heterocycles. The molecule has 9 heteroatoms. The Morgan fingerprint density at radius 2 is 1.96 bits per heavy atom. The SMILES string of the molecule is CCOc1cc(/C=C\c2[nH]c(=O)[nH]c(=O)c2[N+](=O)[O-])ccc1OC. The van der Waals surface area contributed by atoms with E-state index in [1.54, 1.807) is 18.2 Å². The van der Waals surface area contributed by atoms with Gasteiger partial charge in [-0.05, 0) is 30.7 Å². The van der Waals surface area contributed by atoms with Crippen molar-refractivity contribution in [1.82, 2.24) is 9.97 Å². The summed E-state index contributed by atoms with van der Waals surface area (Å²) in [6.07, 6.45) is 2.80. The second-order valence-corrected chi connectivity index (χ2v) is 4.60. The zero-order valence-corrected chi connectivity index (χ0v) is 13.0. The van der Waals surface area contributed by atoms with E-state index in [9.17, 15) is 19.7 Å². The molecular weight excluding hydrogens is 318 g/mol. The molecule has 0 bridgehead atoms. The third kappa shape index (κ3) is 3.69. The molecule has 0 aliphatic heterocycles. The fraction of sp³-hybridized carbons (Fsp3) is 0.200. The van der Waals surface area contributed by atoms with Crippen LogP contribution in [0.15, 0.2) is 27.8 Å². The Hall–Kier alpha value is -3.36. The van der Waals surface area contributed by atoms with Gasteiger partial charge < -0.3 is 14.5 Å². The van der Waals surface area contributed by atoms with Crippen LogP contribution in [0.3, 0.4) is 0 Å². The molecule has 0 saturated heterocycles. The smallest absolute Gasteiger partial charge is 0.357 e. The molecule has 2 N–H and O–H groups in total. The fourth-order valence-corrected chi connectivity index (χ4v) is 2.04. The maximum atomic E-state index is 11.5. The molecule has 0 amide bonds. The van der Waals surface area contributed by atoms with E-state index >= 15 is 0 Å². The summed E-state index contributed by atoms with van der Waals surface area (Å²) >= 11 is 0. The summed E-state index contributed by atoms with van der Waals surface area (Å²) in [6, 6.07) is 5.06. The number of nitrogens with zero attached hydrogens (tertiary/aromatic N) is 1. The van der Waals surface area contributed by atoms with Crippen LogP contribution in [0, 0.1) is 10.1 Å². The topological polar surface area (TPSA) is 127 Å². The molecular formula is C15H15N3O6. The van der Waals surface area contributed by atoms with Crippen molar-refractivity contribution in [2.24, 2.45) is 0 Å². The van der Waals surface area contributed by atoms with E-state index in [2.05, 4.69) is 4.98 Å². The van der Waals surface area contributed by atoms with Crippen LogP contribution in [0.1, 0.15) is 18.2 Å². The minimum atomic E-state index is -1.06. The van der Waals surface area contributed by atoms with Gasteiger partial charge in [-0.15, -0.1) is 0 Å². The number of hydrogen-bond acceptors (Lipinski definition) is 6. The van der Waals surface area contributed by atoms with Gasteiger partial charge in [-0.1, -0.05) is 12.1 Å². The number of hydrogen-bond donors (Lipinski definition) is 2. The first-order valence-electron chi connectivity index (χ1n) is 6.96. The second-order valence-electron chi connectivity index (χ2n) is 4.60. The Bertz CT molecular complexity index is 897. The lowest BCUT2D eigenvalue weighted by Gasteiger charge is -2.09. The van der Waals surface area contributed by atoms with Gasteiger partial charge >= 0.3 is 16.9 Å². The van der Waals surface area contributed by atoms with Gasteiger partial charge in [0.2, 0.25) is 0 Å². The summed E-state index contributed by atoms with van der Waals surface area (Å²) in [6.45, 7) is 2.27. The predicted molar refractivity (Wildman–Crippen MR) is 87.4 cm³/mol. The van der Waals surface area contributed by atoms with Crippen LogP contribution in [0.2, 0.25) is 0 Å². The van der Waals surface area contributed by atoms with Crippen LogP contribution in [-0.2, 0) is 0 Å². The first kappa shape index (κ1) is 17.0. The Morgan fingerprint density at radius 3 is 2.58 bits per heavy atom. The number of nitrogens with one attached hydrogen (secondary N) is 2. The molecule has 0 fully saturated rings. The highest BCUT2D eigenvalue weighted by molar-refractivity contribution is 5.72. The maximum absolute atomic E-state index is 11.5. The van der Waals surface area contributed by atoms with Crippen molar-refractivity contribution in [3.8, 4) is 11.5 Å². The van der Waals surface area contributed by atoms with E-state index in [0.717, 1.165) is 0 Å². The lowest BCUT2D eigenvalue weighted by atomic mass is 10.1. The number of nitro groups is 1. The van der Waals surface area contributed by atoms with Crippen LogP contribution in [0.4, 0.5) is 5.69 Å². The number of benzene rings is 1. The van der Waals surface area contributed by atoms with Gasteiger partial charge in [0.15, 0.2) is 11.5 Å². The molecule has 2 aromatic rings. The summed E-state index contributed by atoms with van der Waals surface area (Å²) in [7, 11) is 1.51. The van der Waals surface area contributed by atoms with Gasteiger partial charge in [0.05, 0.1) is 18.6 Å². The molecule has 0 unspecified atom stereocenters. The molecule has 0 atom stereocenters. The van der Waals surface area contributed by atoms with E-state index in [0.29, 0.717) is 23.7 Å². The molecule has 2 rings (SSSR count). The number of aromatic nitrogens is 2. The number of aromatic amines is 2. The van der Waals surface area contributed by atoms with Crippen LogP contribution in [-0.4, -0.2) is 28.6 Å². The van der Waals surface area contributed by atoms with Crippen molar-refractivity contribution >= 4 is 17.8 Å². The third-order valence-electron chi connectivity index (χ3n) is 3.06. The van der Waals surface area contributed by atoms with E-state index in [1.807, 2.05) is 11.9 Å². The maximum Gasteiger partial charge on any atom is 0.357 e. The Balaban J connectivity index is 2.45. The van der Waals surface area contributed by atoms with Crippen molar-refractivity contribution < 1.29 is 14.4 Å². The number of ether oxygens (including phenoxy) is 2. The molecule has 0 radical (unpaired) electrons. The van der Waals surface area contributed by atoms with Crippen LogP contribution >= 0.6 is 0 Å². The first-order chi connectivity index (χ1) is 11.5. The second kappa shape index (κ2) is 7.27. The fourth-order valence-electron chi connectivity index (χ4n) is 2.04. The minimum absolute atomic E-state index is 0.192. The molecule has 0 saturated carbocycles. The molecule has 9 nitrogen and oxygen atoms in total. The van der Waals surface area contributed by atoms with Crippen molar-refractivity contribution in [2.45, 2.75) is 6.92 Å². The summed E-state index contributed by atoms with van der Waals surface area (Å²) < 4.78 is 10.6. The van der Waals surface area contributed by atoms with Gasteiger partial charge in [-0.3, -0.25) is 19.9 Å². The molecule has 24 heavy (non-hydrogen) atoms. The first-order valence-corrected chi connectivity index (χ1v) is 6.96. The van der Waals surface area contributed by atoms with E-state index in [4.69, 9.17) is 9.47 Å². The van der Waals surface area contributed by atoms with E-state index in [1.165, 1.54) is 19.3 Å². The molecule has 1 aromatic carbocycles. The molecule has 0 spiro atoms. The van der Waals surface area contributed by atoms with Gasteiger partial charge in [-0.25, -0.2) is 4.79 Å². The van der Waals surface area contributed by atoms with E-state index < -0.39 is 21.9 Å². The number of methoxy groups -OCH3 is 1. The monoisotopic (exact) mass is 333 g/mol. The zero-order valence-electron chi connectivity index (χ0n) is 13.0. The number of rotatable bonds is 6. The number of H-pyrrole nitrogens is 2. The zero-order chi connectivity index (χ0) is 17.7. The molecule has 126 valence electrons. The highest BCUT2D eigenvalue weighted by atomic mass is 16.6. The van der Waals surface area contributed by atoms with Crippen molar-refractivity contribution in [3.63, 3.8) is 0 Å². The molecule has 0 aliphatic rings. The van der Waals surface area contributed by atoms with Crippen LogP contribution in [0.25, 0.3) is 12.2 Å². The standard InChI is InChI=1S/C15H15N3O6/c1-3-24-12-8-9(5-7-11(12)23-2)4-6-10-13(18(21)22)14(19)17-15(20)16-10/h4-8H,3H2,1-2H3,(H2,16,17,19,20)/b6-4-. The quantitative estimate of drug-likeness (QED) is 0.610. The highest BCUT2D eigenvalue weighted by Gasteiger charge is 2.18. The van der Waals surface area contributed by atoms with Crippen molar-refractivity contribution in [2.75, 3.05) is 13.7 Å². The Kier molecular flexibility index (Phi) is 5.15. The predicted octanol–water partition coefficient (Wildman–Crippen LogP) is 1.55. The lowest BCUT2D eigenvalue weighted by Crippen LogP contribution is -2.25. The molecule has 0 aliphatic carbocycles. The molecule has 1 aromatic heterocycles. The van der Waals surface area contributed by atoms with Crippen molar-refractivity contribution in [3.05, 3.63) is 60.4 Å².